The molecule has 2 N–H and O–H groups in total. The number of benzene rings is 2. The number of methoxy groups -OCH3 is 1. The predicted octanol–water partition coefficient (Wildman–Crippen LogP) is 2.87. The van der Waals surface area contributed by atoms with Crippen molar-refractivity contribution in [3.05, 3.63) is 59.2 Å². The van der Waals surface area contributed by atoms with Crippen LogP contribution in [0.15, 0.2) is 47.4 Å². The second-order valence-electron chi connectivity index (χ2n) is 6.26. The third-order valence-electron chi connectivity index (χ3n) is 3.98. The molecule has 0 spiro atoms. The molecule has 0 aliphatic carbocycles. The summed E-state index contributed by atoms with van der Waals surface area (Å²) in [5, 5.41) is 2.80. The summed E-state index contributed by atoms with van der Waals surface area (Å²) < 4.78 is 32.5. The Bertz CT molecular complexity index is 877. The molecule has 2 rings (SSSR count). The minimum atomic E-state index is -3.68. The lowest BCUT2D eigenvalue weighted by Crippen LogP contribution is -2.35. The van der Waals surface area contributed by atoms with Crippen LogP contribution in [0, 0.1) is 13.8 Å². The monoisotopic (exact) mass is 376 g/mol. The number of sulfonamides is 1. The zero-order valence-electron chi connectivity index (χ0n) is 15.4. The molecule has 0 saturated heterocycles. The Labute approximate surface area is 154 Å². The maximum atomic E-state index is 12.5. The molecule has 0 heterocycles. The fraction of sp³-hybridized carbons (Fsp3) is 0.316. The molecule has 26 heavy (non-hydrogen) atoms. The summed E-state index contributed by atoms with van der Waals surface area (Å²) in [7, 11) is -2.11. The first kappa shape index (κ1) is 19.9. The first-order chi connectivity index (χ1) is 12.2. The van der Waals surface area contributed by atoms with Crippen LogP contribution in [0.3, 0.4) is 0 Å². The van der Waals surface area contributed by atoms with E-state index in [2.05, 4.69) is 10.0 Å². The second-order valence-corrected chi connectivity index (χ2v) is 7.94. The van der Waals surface area contributed by atoms with E-state index >= 15 is 0 Å². The highest BCUT2D eigenvalue weighted by molar-refractivity contribution is 7.92. The molecule has 0 aliphatic heterocycles. The molecule has 0 fully saturated rings. The molecule has 1 unspecified atom stereocenters. The highest BCUT2D eigenvalue weighted by Crippen LogP contribution is 2.19. The van der Waals surface area contributed by atoms with Gasteiger partial charge in [0.1, 0.15) is 0 Å². The van der Waals surface area contributed by atoms with Crippen LogP contribution in [0.25, 0.3) is 0 Å². The lowest BCUT2D eigenvalue weighted by molar-refractivity contribution is 0.0905. The number of anilines is 1. The Hall–Kier alpha value is -2.38. The third kappa shape index (κ3) is 5.06. The summed E-state index contributed by atoms with van der Waals surface area (Å²) in [6.07, 6.45) is 0. The van der Waals surface area contributed by atoms with Crippen molar-refractivity contribution < 1.29 is 17.9 Å². The third-order valence-corrected chi connectivity index (χ3v) is 5.36. The van der Waals surface area contributed by atoms with Gasteiger partial charge in [0.25, 0.3) is 15.9 Å². The van der Waals surface area contributed by atoms with Crippen LogP contribution < -0.4 is 10.0 Å². The highest BCUT2D eigenvalue weighted by atomic mass is 32.2. The molecule has 0 aromatic heterocycles. The first-order valence-corrected chi connectivity index (χ1v) is 9.71. The van der Waals surface area contributed by atoms with Crippen LogP contribution >= 0.6 is 0 Å². The Morgan fingerprint density at radius 2 is 1.73 bits per heavy atom. The fourth-order valence-corrected chi connectivity index (χ4v) is 3.53. The largest absolute Gasteiger partial charge is 0.383 e. The lowest BCUT2D eigenvalue weighted by Gasteiger charge is -2.13. The minimum absolute atomic E-state index is 0.115. The first-order valence-electron chi connectivity index (χ1n) is 8.23. The van der Waals surface area contributed by atoms with Crippen LogP contribution in [-0.2, 0) is 14.8 Å². The Balaban J connectivity index is 2.10. The smallest absolute Gasteiger partial charge is 0.261 e. The molecular formula is C19H24N2O4S. The zero-order chi connectivity index (χ0) is 19.3. The van der Waals surface area contributed by atoms with Gasteiger partial charge in [-0.15, -0.1) is 0 Å². The lowest BCUT2D eigenvalue weighted by atomic mass is 10.1. The van der Waals surface area contributed by atoms with Crippen molar-refractivity contribution in [2.75, 3.05) is 18.4 Å². The summed E-state index contributed by atoms with van der Waals surface area (Å²) >= 11 is 0. The average molecular weight is 376 g/mol. The number of carbonyl (C=O) groups is 1. The molecule has 2 aromatic carbocycles. The van der Waals surface area contributed by atoms with Crippen LogP contribution in [0.1, 0.15) is 28.4 Å². The predicted molar refractivity (Wildman–Crippen MR) is 102 cm³/mol. The van der Waals surface area contributed by atoms with Crippen molar-refractivity contribution in [3.8, 4) is 0 Å². The van der Waals surface area contributed by atoms with E-state index in [1.54, 1.807) is 49.6 Å². The highest BCUT2D eigenvalue weighted by Gasteiger charge is 2.15. The molecule has 2 aromatic rings. The Morgan fingerprint density at radius 3 is 2.31 bits per heavy atom. The maximum Gasteiger partial charge on any atom is 0.261 e. The second kappa shape index (κ2) is 8.33. The van der Waals surface area contributed by atoms with Gasteiger partial charge in [-0.2, -0.15) is 0 Å². The number of ether oxygens (including phenoxy) is 1. The summed E-state index contributed by atoms with van der Waals surface area (Å²) in [4.78, 5) is 12.3. The van der Waals surface area contributed by atoms with Crippen molar-refractivity contribution in [2.24, 2.45) is 0 Å². The summed E-state index contributed by atoms with van der Waals surface area (Å²) in [6, 6.07) is 11.2. The Kier molecular flexibility index (Phi) is 6.39. The number of rotatable bonds is 7. The number of aryl methyl sites for hydroxylation is 2. The standard InChI is InChI=1S/C19H24N2O4S/c1-13-5-10-18(11-14(13)2)26(23,24)21-17-8-6-16(7-9-17)19(22)20-15(3)12-25-4/h5-11,15,21H,12H2,1-4H3,(H,20,22). The van der Waals surface area contributed by atoms with Crippen molar-refractivity contribution in [1.29, 1.82) is 0 Å². The van der Waals surface area contributed by atoms with Crippen molar-refractivity contribution in [1.82, 2.24) is 5.32 Å². The SMILES string of the molecule is COCC(C)NC(=O)c1ccc(NS(=O)(=O)c2ccc(C)c(C)c2)cc1. The van der Waals surface area contributed by atoms with E-state index < -0.39 is 10.0 Å². The molecule has 7 heteroatoms. The molecule has 0 aliphatic rings. The normalized spacial score (nSPS) is 12.5. The van der Waals surface area contributed by atoms with Gasteiger partial charge in [-0.05, 0) is 68.3 Å². The molecular weight excluding hydrogens is 352 g/mol. The zero-order valence-corrected chi connectivity index (χ0v) is 16.2. The molecule has 0 radical (unpaired) electrons. The van der Waals surface area contributed by atoms with Crippen molar-refractivity contribution in [2.45, 2.75) is 31.7 Å². The van der Waals surface area contributed by atoms with Crippen molar-refractivity contribution in [3.63, 3.8) is 0 Å². The van der Waals surface area contributed by atoms with E-state index in [0.717, 1.165) is 11.1 Å². The number of hydrogen-bond acceptors (Lipinski definition) is 4. The number of carbonyl (C=O) groups excluding carboxylic acids is 1. The molecule has 1 atom stereocenters. The fourth-order valence-electron chi connectivity index (χ4n) is 2.38. The van der Waals surface area contributed by atoms with E-state index in [0.29, 0.717) is 17.9 Å². The van der Waals surface area contributed by atoms with Crippen LogP contribution in [0.2, 0.25) is 0 Å². The average Bonchev–Trinajstić information content (AvgIpc) is 2.57. The molecule has 1 amide bonds. The topological polar surface area (TPSA) is 84.5 Å². The van der Waals surface area contributed by atoms with Gasteiger partial charge in [-0.25, -0.2) is 8.42 Å². The Morgan fingerprint density at radius 1 is 1.08 bits per heavy atom. The van der Waals surface area contributed by atoms with Gasteiger partial charge in [0.2, 0.25) is 0 Å². The van der Waals surface area contributed by atoms with E-state index in [1.165, 1.54) is 0 Å². The molecule has 6 nitrogen and oxygen atoms in total. The minimum Gasteiger partial charge on any atom is -0.383 e. The van der Waals surface area contributed by atoms with Gasteiger partial charge in [-0.3, -0.25) is 9.52 Å². The van der Waals surface area contributed by atoms with Crippen LogP contribution in [0.4, 0.5) is 5.69 Å². The van der Waals surface area contributed by atoms with E-state index in [1.807, 2.05) is 20.8 Å². The molecule has 0 saturated carbocycles. The maximum absolute atomic E-state index is 12.5. The summed E-state index contributed by atoms with van der Waals surface area (Å²) in [5.41, 5.74) is 2.78. The summed E-state index contributed by atoms with van der Waals surface area (Å²) in [6.45, 7) is 6.05. The van der Waals surface area contributed by atoms with Crippen molar-refractivity contribution >= 4 is 21.6 Å². The van der Waals surface area contributed by atoms with Gasteiger partial charge < -0.3 is 10.1 Å². The van der Waals surface area contributed by atoms with Gasteiger partial charge in [-0.1, -0.05) is 6.07 Å². The van der Waals surface area contributed by atoms with E-state index in [-0.39, 0.29) is 16.8 Å². The van der Waals surface area contributed by atoms with Crippen LogP contribution in [-0.4, -0.2) is 34.1 Å². The number of hydrogen-bond donors (Lipinski definition) is 2. The van der Waals surface area contributed by atoms with Gasteiger partial charge in [0, 0.05) is 24.4 Å². The molecule has 0 bridgehead atoms. The number of nitrogens with one attached hydrogen (secondary N) is 2. The summed E-state index contributed by atoms with van der Waals surface area (Å²) in [5.74, 6) is -0.238. The van der Waals surface area contributed by atoms with E-state index in [9.17, 15) is 13.2 Å². The quantitative estimate of drug-likeness (QED) is 0.778. The van der Waals surface area contributed by atoms with Gasteiger partial charge in [0.05, 0.1) is 11.5 Å². The van der Waals surface area contributed by atoms with Gasteiger partial charge in [0.15, 0.2) is 0 Å². The van der Waals surface area contributed by atoms with Gasteiger partial charge >= 0.3 is 0 Å². The van der Waals surface area contributed by atoms with Crippen LogP contribution in [0.5, 0.6) is 0 Å². The van der Waals surface area contributed by atoms with E-state index in [4.69, 9.17) is 4.74 Å². The number of amides is 1. The molecule has 140 valence electrons.